The highest BCUT2D eigenvalue weighted by atomic mass is 16.6. The Kier molecular flexibility index (Phi) is 11.2. The summed E-state index contributed by atoms with van der Waals surface area (Å²) < 4.78 is 5.56. The number of hydrogen-bond donors (Lipinski definition) is 2. The predicted octanol–water partition coefficient (Wildman–Crippen LogP) is 4.40. The molecule has 1 heterocycles. The van der Waals surface area contributed by atoms with Crippen LogP contribution in [0.15, 0.2) is 36.5 Å². The zero-order valence-corrected chi connectivity index (χ0v) is 14.8. The summed E-state index contributed by atoms with van der Waals surface area (Å²) in [5.41, 5.74) is 0. The van der Waals surface area contributed by atoms with Crippen molar-refractivity contribution in [2.45, 2.75) is 83.0 Å². The van der Waals surface area contributed by atoms with Crippen LogP contribution >= 0.6 is 0 Å². The lowest BCUT2D eigenvalue weighted by Crippen LogP contribution is -2.00. The Balaban J connectivity index is 2.01. The molecule has 1 rings (SSSR count). The minimum Gasteiger partial charge on any atom is -0.481 e. The average molecular weight is 336 g/mol. The van der Waals surface area contributed by atoms with Gasteiger partial charge in [-0.25, -0.2) is 0 Å². The van der Waals surface area contributed by atoms with E-state index in [2.05, 4.69) is 6.92 Å². The fraction of sp³-hybridized carbons (Fsp3) is 0.650. The number of aliphatic hydroxyl groups is 1. The molecular formula is C20H32O4. The summed E-state index contributed by atoms with van der Waals surface area (Å²) in [6.07, 6.45) is 19.9. The van der Waals surface area contributed by atoms with Crippen molar-refractivity contribution in [1.82, 2.24) is 0 Å². The molecule has 136 valence electrons. The number of hydrogen-bond acceptors (Lipinski definition) is 3. The highest BCUT2D eigenvalue weighted by Gasteiger charge is 2.35. The molecule has 0 spiro atoms. The van der Waals surface area contributed by atoms with Gasteiger partial charge in [0.2, 0.25) is 0 Å². The van der Waals surface area contributed by atoms with Crippen molar-refractivity contribution in [2.75, 3.05) is 0 Å². The summed E-state index contributed by atoms with van der Waals surface area (Å²) in [4.78, 5) is 10.3. The third-order valence-electron chi connectivity index (χ3n) is 3.98. The molecule has 1 saturated heterocycles. The van der Waals surface area contributed by atoms with Crippen LogP contribution in [0.3, 0.4) is 0 Å². The molecule has 1 fully saturated rings. The van der Waals surface area contributed by atoms with E-state index in [-0.39, 0.29) is 12.5 Å². The average Bonchev–Trinajstić information content (AvgIpc) is 3.30. The number of carboxylic acids is 1. The third-order valence-corrected chi connectivity index (χ3v) is 3.98. The van der Waals surface area contributed by atoms with E-state index in [1.807, 2.05) is 36.5 Å². The molecule has 1 aliphatic heterocycles. The molecule has 0 bridgehead atoms. The lowest BCUT2D eigenvalue weighted by molar-refractivity contribution is -0.137. The number of ether oxygens (including phenoxy) is 1. The van der Waals surface area contributed by atoms with Crippen molar-refractivity contribution in [3.63, 3.8) is 0 Å². The van der Waals surface area contributed by atoms with Crippen LogP contribution in [0.4, 0.5) is 0 Å². The van der Waals surface area contributed by atoms with Crippen LogP contribution in [-0.4, -0.2) is 34.5 Å². The van der Waals surface area contributed by atoms with Gasteiger partial charge in [0.1, 0.15) is 6.10 Å². The molecule has 0 aromatic carbocycles. The molecular weight excluding hydrogens is 304 g/mol. The molecule has 4 nitrogen and oxygen atoms in total. The van der Waals surface area contributed by atoms with Crippen LogP contribution in [0, 0.1) is 0 Å². The topological polar surface area (TPSA) is 70.1 Å². The highest BCUT2D eigenvalue weighted by Crippen LogP contribution is 2.28. The van der Waals surface area contributed by atoms with Crippen LogP contribution in [-0.2, 0) is 9.53 Å². The first-order valence-electron chi connectivity index (χ1n) is 9.17. The molecule has 3 atom stereocenters. The molecule has 0 amide bonds. The Morgan fingerprint density at radius 2 is 1.96 bits per heavy atom. The summed E-state index contributed by atoms with van der Waals surface area (Å²) in [6, 6.07) is 0. The number of allylic oxidation sites excluding steroid dienone is 3. The van der Waals surface area contributed by atoms with Gasteiger partial charge in [0, 0.05) is 6.42 Å². The van der Waals surface area contributed by atoms with Crippen molar-refractivity contribution < 1.29 is 19.7 Å². The molecule has 0 aromatic rings. The molecule has 0 aliphatic carbocycles. The molecule has 2 N–H and O–H groups in total. The SMILES string of the molecule is CCCCC[C@@H]1O[C@@H]1/C=C/[C@H](O)C/C=C\C/C=C\CCCC(=O)O. The standard InChI is InChI=1S/C20H32O4/c1-2-3-9-13-18-19(24-18)16-15-17(21)12-10-7-5-4-6-8-11-14-20(22)23/h4,6-7,10,15-19,21H,2-3,5,8-9,11-14H2,1H3,(H,22,23)/b6-4-,10-7-,16-15+/t17-,18+,19-/m1/s1. The first kappa shape index (κ1) is 20.7. The normalized spacial score (nSPS) is 21.9. The summed E-state index contributed by atoms with van der Waals surface area (Å²) in [6.45, 7) is 2.20. The maximum absolute atomic E-state index is 10.3. The second-order valence-corrected chi connectivity index (χ2v) is 6.29. The van der Waals surface area contributed by atoms with Gasteiger partial charge in [-0.2, -0.15) is 0 Å². The van der Waals surface area contributed by atoms with Gasteiger partial charge < -0.3 is 14.9 Å². The molecule has 0 radical (unpaired) electrons. The smallest absolute Gasteiger partial charge is 0.303 e. The summed E-state index contributed by atoms with van der Waals surface area (Å²) >= 11 is 0. The molecule has 24 heavy (non-hydrogen) atoms. The second-order valence-electron chi connectivity index (χ2n) is 6.29. The van der Waals surface area contributed by atoms with Crippen molar-refractivity contribution in [3.05, 3.63) is 36.5 Å². The monoisotopic (exact) mass is 336 g/mol. The van der Waals surface area contributed by atoms with Gasteiger partial charge in [-0.15, -0.1) is 0 Å². The maximum atomic E-state index is 10.3. The lowest BCUT2D eigenvalue weighted by atomic mass is 10.1. The fourth-order valence-corrected chi connectivity index (χ4v) is 2.47. The van der Waals surface area contributed by atoms with Gasteiger partial charge in [-0.3, -0.25) is 4.79 Å². The van der Waals surface area contributed by atoms with Gasteiger partial charge in [0.25, 0.3) is 0 Å². The first-order chi connectivity index (χ1) is 11.6. The third kappa shape index (κ3) is 11.2. The number of carbonyl (C=O) groups is 1. The van der Waals surface area contributed by atoms with E-state index in [1.54, 1.807) is 0 Å². The fourth-order valence-electron chi connectivity index (χ4n) is 2.47. The molecule has 0 saturated carbocycles. The van der Waals surface area contributed by atoms with Crippen molar-refractivity contribution in [2.24, 2.45) is 0 Å². The summed E-state index contributed by atoms with van der Waals surface area (Å²) in [7, 11) is 0. The van der Waals surface area contributed by atoms with Gasteiger partial charge in [0.15, 0.2) is 0 Å². The van der Waals surface area contributed by atoms with E-state index in [0.29, 0.717) is 18.9 Å². The van der Waals surface area contributed by atoms with E-state index in [4.69, 9.17) is 9.84 Å². The van der Waals surface area contributed by atoms with Crippen LogP contribution < -0.4 is 0 Å². The summed E-state index contributed by atoms with van der Waals surface area (Å²) in [5, 5.41) is 18.4. The number of unbranched alkanes of at least 4 members (excludes halogenated alkanes) is 3. The number of carboxylic acid groups (broad SMARTS) is 1. The lowest BCUT2D eigenvalue weighted by Gasteiger charge is -1.99. The minimum atomic E-state index is -0.741. The zero-order chi connectivity index (χ0) is 17.6. The number of aliphatic hydroxyl groups excluding tert-OH is 1. The molecule has 0 unspecified atom stereocenters. The van der Waals surface area contributed by atoms with Crippen LogP contribution in [0.1, 0.15) is 64.7 Å². The van der Waals surface area contributed by atoms with Gasteiger partial charge >= 0.3 is 5.97 Å². The van der Waals surface area contributed by atoms with Crippen molar-refractivity contribution >= 4 is 5.97 Å². The van der Waals surface area contributed by atoms with Crippen LogP contribution in [0.25, 0.3) is 0 Å². The van der Waals surface area contributed by atoms with E-state index < -0.39 is 12.1 Å². The van der Waals surface area contributed by atoms with E-state index >= 15 is 0 Å². The number of rotatable bonds is 14. The molecule has 0 aromatic heterocycles. The van der Waals surface area contributed by atoms with E-state index in [1.165, 1.54) is 19.3 Å². The summed E-state index contributed by atoms with van der Waals surface area (Å²) in [5.74, 6) is -0.741. The minimum absolute atomic E-state index is 0.203. The van der Waals surface area contributed by atoms with Crippen LogP contribution in [0.2, 0.25) is 0 Å². The predicted molar refractivity (Wildman–Crippen MR) is 97.0 cm³/mol. The van der Waals surface area contributed by atoms with Gasteiger partial charge in [-0.1, -0.05) is 62.6 Å². The Hall–Kier alpha value is -1.39. The Labute approximate surface area is 145 Å². The first-order valence-corrected chi connectivity index (χ1v) is 9.17. The van der Waals surface area contributed by atoms with Gasteiger partial charge in [0.05, 0.1) is 12.2 Å². The number of epoxide rings is 1. The van der Waals surface area contributed by atoms with Crippen molar-refractivity contribution in [3.8, 4) is 0 Å². The zero-order valence-electron chi connectivity index (χ0n) is 14.8. The largest absolute Gasteiger partial charge is 0.481 e. The maximum Gasteiger partial charge on any atom is 0.303 e. The quantitative estimate of drug-likeness (QED) is 0.280. The van der Waals surface area contributed by atoms with Crippen LogP contribution in [0.5, 0.6) is 0 Å². The Morgan fingerprint density at radius 3 is 2.71 bits per heavy atom. The Morgan fingerprint density at radius 1 is 1.17 bits per heavy atom. The second kappa shape index (κ2) is 13.0. The number of aliphatic carboxylic acids is 1. The highest BCUT2D eigenvalue weighted by molar-refractivity contribution is 5.66. The van der Waals surface area contributed by atoms with E-state index in [0.717, 1.165) is 19.3 Å². The molecule has 4 heteroatoms. The Bertz CT molecular complexity index is 425. The molecule has 1 aliphatic rings. The van der Waals surface area contributed by atoms with E-state index in [9.17, 15) is 9.90 Å². The van der Waals surface area contributed by atoms with Crippen molar-refractivity contribution in [1.29, 1.82) is 0 Å². The van der Waals surface area contributed by atoms with Gasteiger partial charge in [-0.05, 0) is 32.1 Å².